The van der Waals surface area contributed by atoms with Crippen LogP contribution in [0.4, 0.5) is 5.69 Å². The first-order valence-corrected chi connectivity index (χ1v) is 8.42. The molecule has 0 saturated carbocycles. The molecule has 7 nitrogen and oxygen atoms in total. The summed E-state index contributed by atoms with van der Waals surface area (Å²) in [6, 6.07) is 7.11. The number of halogens is 3. The number of carbonyl (C=O) groups excluding carboxylic acids is 1. The summed E-state index contributed by atoms with van der Waals surface area (Å²) in [4.78, 5) is 21.6. The number of carbonyl (C=O) groups is 1. The van der Waals surface area contributed by atoms with E-state index in [2.05, 4.69) is 0 Å². The van der Waals surface area contributed by atoms with Crippen LogP contribution in [0, 0.1) is 10.1 Å². The molecule has 122 valence electrons. The lowest BCUT2D eigenvalue weighted by molar-refractivity contribution is -0.387. The topological polar surface area (TPSA) is 99.3 Å². The first-order chi connectivity index (χ1) is 10.6. The van der Waals surface area contributed by atoms with Gasteiger partial charge in [-0.05, 0) is 18.2 Å². The van der Waals surface area contributed by atoms with Gasteiger partial charge in [-0.15, -0.1) is 0 Å². The van der Waals surface area contributed by atoms with Crippen LogP contribution in [0.15, 0.2) is 47.5 Å². The maximum absolute atomic E-state index is 12.6. The third-order valence-corrected chi connectivity index (χ3v) is 5.05. The quantitative estimate of drug-likeness (QED) is 0.341. The van der Waals surface area contributed by atoms with Crippen molar-refractivity contribution in [3.63, 3.8) is 0 Å². The number of hydrogen-bond donors (Lipinski definition) is 0. The summed E-state index contributed by atoms with van der Waals surface area (Å²) < 4.78 is 23.5. The number of hydrogen-bond acceptors (Lipinski definition) is 5. The number of ketones is 1. The van der Waals surface area contributed by atoms with Crippen LogP contribution in [-0.4, -0.2) is 26.9 Å². The van der Waals surface area contributed by atoms with Gasteiger partial charge in [0.05, 0.1) is 4.92 Å². The van der Waals surface area contributed by atoms with Crippen LogP contribution in [-0.2, 0) is 10.0 Å². The summed E-state index contributed by atoms with van der Waals surface area (Å²) in [5.41, 5.74) is -1.06. The van der Waals surface area contributed by atoms with Gasteiger partial charge in [-0.3, -0.25) is 14.9 Å². The van der Waals surface area contributed by atoms with Crippen molar-refractivity contribution >= 4 is 56.3 Å². The Morgan fingerprint density at radius 2 is 1.74 bits per heavy atom. The van der Waals surface area contributed by atoms with Crippen molar-refractivity contribution in [2.75, 3.05) is 0 Å². The molecular formula is C12H7Cl3N2O5S. The Morgan fingerprint density at radius 3 is 2.30 bits per heavy atom. The van der Waals surface area contributed by atoms with Crippen molar-refractivity contribution in [2.45, 2.75) is 8.69 Å². The molecule has 0 atom stereocenters. The molecular weight excluding hydrogens is 391 g/mol. The molecule has 0 aliphatic heterocycles. The smallest absolute Gasteiger partial charge is 0.288 e. The average molecular weight is 398 g/mol. The third kappa shape index (κ3) is 3.35. The van der Waals surface area contributed by atoms with E-state index in [1.165, 1.54) is 18.2 Å². The molecule has 0 aliphatic rings. The molecule has 0 amide bonds. The van der Waals surface area contributed by atoms with Crippen LogP contribution in [0.2, 0.25) is 0 Å². The fraction of sp³-hybridized carbons (Fsp3) is 0.0833. The molecule has 1 aromatic heterocycles. The van der Waals surface area contributed by atoms with Crippen LogP contribution in [0.1, 0.15) is 10.5 Å². The zero-order valence-electron chi connectivity index (χ0n) is 11.0. The van der Waals surface area contributed by atoms with Gasteiger partial charge in [0, 0.05) is 12.3 Å². The van der Waals surface area contributed by atoms with Crippen LogP contribution >= 0.6 is 34.8 Å². The Bertz CT molecular complexity index is 886. The SMILES string of the molecule is O=C(c1cccn1S(=O)(=O)c1ccccc1[N+](=O)[O-])C(Cl)(Cl)Cl. The van der Waals surface area contributed by atoms with Gasteiger partial charge >= 0.3 is 0 Å². The number of nitrogens with zero attached hydrogens (tertiary/aromatic N) is 2. The van der Waals surface area contributed by atoms with Gasteiger partial charge in [-0.25, -0.2) is 12.4 Å². The fourth-order valence-corrected chi connectivity index (χ4v) is 3.62. The Balaban J connectivity index is 2.67. The van der Waals surface area contributed by atoms with Crippen molar-refractivity contribution in [1.29, 1.82) is 0 Å². The molecule has 23 heavy (non-hydrogen) atoms. The highest BCUT2D eigenvalue weighted by Gasteiger charge is 2.37. The first kappa shape index (κ1) is 17.7. The average Bonchev–Trinajstić information content (AvgIpc) is 2.95. The lowest BCUT2D eigenvalue weighted by Crippen LogP contribution is -2.25. The molecule has 0 N–H and O–H groups in total. The monoisotopic (exact) mass is 396 g/mol. The van der Waals surface area contributed by atoms with Crippen molar-refractivity contribution in [2.24, 2.45) is 0 Å². The van der Waals surface area contributed by atoms with Crippen LogP contribution in [0.25, 0.3) is 0 Å². The number of nitro groups is 1. The van der Waals surface area contributed by atoms with Crippen LogP contribution in [0.3, 0.4) is 0 Å². The van der Waals surface area contributed by atoms with Crippen molar-refractivity contribution in [1.82, 2.24) is 3.97 Å². The minimum atomic E-state index is -4.43. The Kier molecular flexibility index (Phi) is 4.72. The normalized spacial score (nSPS) is 12.1. The summed E-state index contributed by atoms with van der Waals surface area (Å²) in [6.45, 7) is 0. The summed E-state index contributed by atoms with van der Waals surface area (Å²) in [6.07, 6.45) is 1.04. The van der Waals surface area contributed by atoms with E-state index in [4.69, 9.17) is 34.8 Å². The van der Waals surface area contributed by atoms with E-state index in [-0.39, 0.29) is 0 Å². The molecule has 0 aliphatic carbocycles. The highest BCUT2D eigenvalue weighted by Crippen LogP contribution is 2.32. The van der Waals surface area contributed by atoms with Crippen molar-refractivity contribution in [3.8, 4) is 0 Å². The maximum Gasteiger partial charge on any atom is 0.289 e. The lowest BCUT2D eigenvalue weighted by atomic mass is 10.3. The number of Topliss-reactive ketones (excluding diaryl/α,β-unsaturated/α-hetero) is 1. The Morgan fingerprint density at radius 1 is 1.13 bits per heavy atom. The predicted octanol–water partition coefficient (Wildman–Crippen LogP) is 3.19. The Hall–Kier alpha value is -1.61. The predicted molar refractivity (Wildman–Crippen MR) is 84.7 cm³/mol. The van der Waals surface area contributed by atoms with Crippen molar-refractivity contribution in [3.05, 3.63) is 58.4 Å². The van der Waals surface area contributed by atoms with Gasteiger partial charge in [-0.1, -0.05) is 46.9 Å². The highest BCUT2D eigenvalue weighted by atomic mass is 35.6. The van der Waals surface area contributed by atoms with Gasteiger partial charge in [0.2, 0.25) is 5.78 Å². The number of aromatic nitrogens is 1. The van der Waals surface area contributed by atoms with Gasteiger partial charge in [0.25, 0.3) is 19.5 Å². The molecule has 2 rings (SSSR count). The molecule has 0 radical (unpaired) electrons. The van der Waals surface area contributed by atoms with Crippen molar-refractivity contribution < 1.29 is 18.1 Å². The summed E-state index contributed by atoms with van der Waals surface area (Å²) in [7, 11) is -4.43. The van der Waals surface area contributed by atoms with E-state index >= 15 is 0 Å². The standard InChI is InChI=1S/C12H7Cl3N2O5S/c13-12(14,15)11(18)9-5-3-7-16(9)23(21,22)10-6-2-1-4-8(10)17(19)20/h1-7H. The second-order valence-electron chi connectivity index (χ2n) is 4.25. The summed E-state index contributed by atoms with van der Waals surface area (Å²) in [5, 5.41) is 11.0. The molecule has 2 aromatic rings. The fourth-order valence-electron chi connectivity index (χ4n) is 1.83. The van der Waals surface area contributed by atoms with E-state index in [0.717, 1.165) is 24.4 Å². The third-order valence-electron chi connectivity index (χ3n) is 2.80. The maximum atomic E-state index is 12.6. The van der Waals surface area contributed by atoms with Crippen LogP contribution < -0.4 is 0 Å². The zero-order chi connectivity index (χ0) is 17.4. The molecule has 0 spiro atoms. The minimum Gasteiger partial charge on any atom is -0.288 e. The van der Waals surface area contributed by atoms with E-state index < -0.39 is 40.8 Å². The van der Waals surface area contributed by atoms with E-state index in [9.17, 15) is 23.3 Å². The second kappa shape index (κ2) is 6.12. The molecule has 0 saturated heterocycles. The molecule has 0 unspecified atom stereocenters. The zero-order valence-corrected chi connectivity index (χ0v) is 14.1. The van der Waals surface area contributed by atoms with E-state index in [1.807, 2.05) is 0 Å². The van der Waals surface area contributed by atoms with Gasteiger partial charge in [0.1, 0.15) is 5.69 Å². The number of nitro benzene ring substituents is 1. The molecule has 11 heteroatoms. The van der Waals surface area contributed by atoms with Crippen LogP contribution in [0.5, 0.6) is 0 Å². The summed E-state index contributed by atoms with van der Waals surface area (Å²) in [5.74, 6) is -1.07. The number of para-hydroxylation sites is 1. The largest absolute Gasteiger partial charge is 0.289 e. The molecule has 1 aromatic carbocycles. The number of rotatable bonds is 4. The molecule has 0 fully saturated rings. The first-order valence-electron chi connectivity index (χ1n) is 5.84. The Labute approximate surface area is 145 Å². The lowest BCUT2D eigenvalue weighted by Gasteiger charge is -2.13. The second-order valence-corrected chi connectivity index (χ2v) is 8.31. The molecule has 0 bridgehead atoms. The summed E-state index contributed by atoms with van der Waals surface area (Å²) >= 11 is 16.5. The number of benzene rings is 1. The number of alkyl halides is 3. The van der Waals surface area contributed by atoms with Gasteiger partial charge in [-0.2, -0.15) is 0 Å². The van der Waals surface area contributed by atoms with E-state index in [1.54, 1.807) is 0 Å². The minimum absolute atomic E-state index is 0.428. The van der Waals surface area contributed by atoms with Gasteiger partial charge < -0.3 is 0 Å². The van der Waals surface area contributed by atoms with E-state index in [0.29, 0.717) is 3.97 Å². The molecule has 1 heterocycles. The van der Waals surface area contributed by atoms with Gasteiger partial charge in [0.15, 0.2) is 4.90 Å². The highest BCUT2D eigenvalue weighted by molar-refractivity contribution is 7.90.